The second kappa shape index (κ2) is 8.87. The minimum atomic E-state index is -0.101. The number of carbonyl (C=O) groups is 1. The third kappa shape index (κ3) is 4.99. The summed E-state index contributed by atoms with van der Waals surface area (Å²) < 4.78 is 0. The molecule has 4 rings (SSSR count). The van der Waals surface area contributed by atoms with Crippen molar-refractivity contribution >= 4 is 34.7 Å². The molecule has 30 heavy (non-hydrogen) atoms. The maximum atomic E-state index is 11.2. The van der Waals surface area contributed by atoms with Crippen LogP contribution in [-0.2, 0) is 4.79 Å². The van der Waals surface area contributed by atoms with Crippen LogP contribution < -0.4 is 16.0 Å². The van der Waals surface area contributed by atoms with Crippen LogP contribution in [0.5, 0.6) is 0 Å². The van der Waals surface area contributed by atoms with Crippen molar-refractivity contribution < 1.29 is 4.79 Å². The first-order valence-electron chi connectivity index (χ1n) is 9.57. The molecule has 3 aromatic carbocycles. The Bertz CT molecular complexity index is 1130. The van der Waals surface area contributed by atoms with Crippen LogP contribution in [0.1, 0.15) is 6.92 Å². The first kappa shape index (κ1) is 19.1. The number of para-hydroxylation sites is 1. The Balaban J connectivity index is 1.64. The fourth-order valence-electron chi connectivity index (χ4n) is 2.96. The maximum absolute atomic E-state index is 11.2. The molecule has 0 saturated heterocycles. The zero-order chi connectivity index (χ0) is 20.8. The molecule has 0 aliphatic rings. The van der Waals surface area contributed by atoms with Crippen LogP contribution in [0, 0.1) is 0 Å². The second-order valence-corrected chi connectivity index (χ2v) is 6.70. The first-order valence-corrected chi connectivity index (χ1v) is 9.57. The van der Waals surface area contributed by atoms with Gasteiger partial charge in [-0.2, -0.15) is 4.98 Å². The molecule has 1 heterocycles. The van der Waals surface area contributed by atoms with Crippen LogP contribution in [0.25, 0.3) is 11.3 Å². The Labute approximate surface area is 175 Å². The molecule has 4 aromatic rings. The summed E-state index contributed by atoms with van der Waals surface area (Å²) in [6.07, 6.45) is 0. The van der Waals surface area contributed by atoms with Crippen LogP contribution >= 0.6 is 0 Å². The minimum absolute atomic E-state index is 0.101. The quantitative estimate of drug-likeness (QED) is 0.397. The predicted octanol–water partition coefficient (Wildman–Crippen LogP) is 5.59. The molecular formula is C24H21N5O. The van der Waals surface area contributed by atoms with Gasteiger partial charge in [-0.25, -0.2) is 4.98 Å². The summed E-state index contributed by atoms with van der Waals surface area (Å²) in [7, 11) is 0. The highest BCUT2D eigenvalue weighted by atomic mass is 16.1. The van der Waals surface area contributed by atoms with E-state index < -0.39 is 0 Å². The lowest BCUT2D eigenvalue weighted by molar-refractivity contribution is -0.114. The summed E-state index contributed by atoms with van der Waals surface area (Å²) in [6, 6.07) is 29.1. The molecule has 0 fully saturated rings. The molecule has 3 N–H and O–H groups in total. The van der Waals surface area contributed by atoms with E-state index >= 15 is 0 Å². The number of nitrogens with one attached hydrogen (secondary N) is 3. The Kier molecular flexibility index (Phi) is 5.66. The molecule has 0 spiro atoms. The third-order valence-corrected chi connectivity index (χ3v) is 4.30. The van der Waals surface area contributed by atoms with Gasteiger partial charge >= 0.3 is 0 Å². The molecular weight excluding hydrogens is 374 g/mol. The molecule has 0 bridgehead atoms. The molecule has 0 aliphatic carbocycles. The number of rotatable bonds is 6. The highest BCUT2D eigenvalue weighted by molar-refractivity contribution is 5.88. The molecule has 1 aromatic heterocycles. The SMILES string of the molecule is CC(=O)Nc1ccc(Nc2cc(-c3ccccc3)nc(Nc3ccccc3)n2)cc1. The molecule has 0 atom stereocenters. The molecule has 148 valence electrons. The molecule has 1 amide bonds. The molecule has 0 aliphatic heterocycles. The highest BCUT2D eigenvalue weighted by Gasteiger charge is 2.08. The van der Waals surface area contributed by atoms with Crippen molar-refractivity contribution in [2.45, 2.75) is 6.92 Å². The standard InChI is InChI=1S/C24H21N5O/c1-17(30)25-20-12-14-21(15-13-20)26-23-16-22(18-8-4-2-5-9-18)28-24(29-23)27-19-10-6-3-7-11-19/h2-16H,1H3,(H,25,30)(H2,26,27,28,29). The van der Waals surface area contributed by atoms with Crippen LogP contribution in [0.3, 0.4) is 0 Å². The van der Waals surface area contributed by atoms with E-state index in [1.807, 2.05) is 91.0 Å². The summed E-state index contributed by atoms with van der Waals surface area (Å²) in [6.45, 7) is 1.49. The number of benzene rings is 3. The third-order valence-electron chi connectivity index (χ3n) is 4.30. The molecule has 6 nitrogen and oxygen atoms in total. The van der Waals surface area contributed by atoms with E-state index in [9.17, 15) is 4.79 Å². The minimum Gasteiger partial charge on any atom is -0.340 e. The van der Waals surface area contributed by atoms with Gasteiger partial charge in [0.2, 0.25) is 11.9 Å². The van der Waals surface area contributed by atoms with E-state index in [1.165, 1.54) is 6.92 Å². The van der Waals surface area contributed by atoms with Crippen LogP contribution in [0.2, 0.25) is 0 Å². The van der Waals surface area contributed by atoms with Gasteiger partial charge in [0, 0.05) is 35.6 Å². The lowest BCUT2D eigenvalue weighted by atomic mass is 10.1. The van der Waals surface area contributed by atoms with Crippen molar-refractivity contribution in [2.75, 3.05) is 16.0 Å². The van der Waals surface area contributed by atoms with Gasteiger partial charge in [0.05, 0.1) is 5.69 Å². The monoisotopic (exact) mass is 395 g/mol. The summed E-state index contributed by atoms with van der Waals surface area (Å²) in [5.74, 6) is 1.06. The van der Waals surface area contributed by atoms with Crippen LogP contribution in [0.4, 0.5) is 28.8 Å². The highest BCUT2D eigenvalue weighted by Crippen LogP contribution is 2.25. The van der Waals surface area contributed by atoms with E-state index in [4.69, 9.17) is 0 Å². The number of hydrogen-bond acceptors (Lipinski definition) is 5. The number of hydrogen-bond donors (Lipinski definition) is 3. The average molecular weight is 395 g/mol. The van der Waals surface area contributed by atoms with Crippen molar-refractivity contribution in [3.05, 3.63) is 91.0 Å². The summed E-state index contributed by atoms with van der Waals surface area (Å²) in [4.78, 5) is 20.5. The van der Waals surface area contributed by atoms with E-state index in [2.05, 4.69) is 25.9 Å². The van der Waals surface area contributed by atoms with Gasteiger partial charge in [-0.15, -0.1) is 0 Å². The fraction of sp³-hybridized carbons (Fsp3) is 0.0417. The summed E-state index contributed by atoms with van der Waals surface area (Å²) in [5, 5.41) is 9.34. The summed E-state index contributed by atoms with van der Waals surface area (Å²) in [5.41, 5.74) is 4.31. The van der Waals surface area contributed by atoms with Gasteiger partial charge in [0.1, 0.15) is 5.82 Å². The number of nitrogens with zero attached hydrogens (tertiary/aromatic N) is 2. The van der Waals surface area contributed by atoms with Gasteiger partial charge in [-0.1, -0.05) is 48.5 Å². The normalized spacial score (nSPS) is 10.3. The van der Waals surface area contributed by atoms with Gasteiger partial charge in [0.15, 0.2) is 0 Å². The fourth-order valence-corrected chi connectivity index (χ4v) is 2.96. The van der Waals surface area contributed by atoms with Gasteiger partial charge in [0.25, 0.3) is 0 Å². The van der Waals surface area contributed by atoms with E-state index in [0.29, 0.717) is 11.8 Å². The van der Waals surface area contributed by atoms with Gasteiger partial charge in [-0.3, -0.25) is 4.79 Å². The lowest BCUT2D eigenvalue weighted by Crippen LogP contribution is -2.05. The van der Waals surface area contributed by atoms with Crippen molar-refractivity contribution in [1.82, 2.24) is 9.97 Å². The zero-order valence-corrected chi connectivity index (χ0v) is 16.5. The Morgan fingerprint density at radius 1 is 0.700 bits per heavy atom. The second-order valence-electron chi connectivity index (χ2n) is 6.70. The van der Waals surface area contributed by atoms with Crippen molar-refractivity contribution in [2.24, 2.45) is 0 Å². The van der Waals surface area contributed by atoms with E-state index in [0.717, 1.165) is 28.3 Å². The van der Waals surface area contributed by atoms with Crippen LogP contribution in [0.15, 0.2) is 91.0 Å². The number of amides is 1. The maximum Gasteiger partial charge on any atom is 0.229 e. The first-order chi connectivity index (χ1) is 14.7. The Morgan fingerprint density at radius 2 is 1.30 bits per heavy atom. The number of anilines is 5. The van der Waals surface area contributed by atoms with E-state index in [-0.39, 0.29) is 5.91 Å². The van der Waals surface area contributed by atoms with Crippen molar-refractivity contribution in [1.29, 1.82) is 0 Å². The number of carbonyl (C=O) groups excluding carboxylic acids is 1. The molecule has 0 saturated carbocycles. The van der Waals surface area contributed by atoms with Gasteiger partial charge < -0.3 is 16.0 Å². The zero-order valence-electron chi connectivity index (χ0n) is 16.5. The largest absolute Gasteiger partial charge is 0.340 e. The average Bonchev–Trinajstić information content (AvgIpc) is 2.76. The van der Waals surface area contributed by atoms with Crippen molar-refractivity contribution in [3.63, 3.8) is 0 Å². The van der Waals surface area contributed by atoms with Crippen LogP contribution in [-0.4, -0.2) is 15.9 Å². The Hall–Kier alpha value is -4.19. The Morgan fingerprint density at radius 3 is 1.97 bits per heavy atom. The van der Waals surface area contributed by atoms with Crippen molar-refractivity contribution in [3.8, 4) is 11.3 Å². The smallest absolute Gasteiger partial charge is 0.229 e. The summed E-state index contributed by atoms with van der Waals surface area (Å²) >= 11 is 0. The van der Waals surface area contributed by atoms with Gasteiger partial charge in [-0.05, 0) is 36.4 Å². The van der Waals surface area contributed by atoms with E-state index in [1.54, 1.807) is 0 Å². The topological polar surface area (TPSA) is 78.9 Å². The number of aromatic nitrogens is 2. The predicted molar refractivity (Wildman–Crippen MR) is 121 cm³/mol. The lowest BCUT2D eigenvalue weighted by Gasteiger charge is -2.12. The molecule has 6 heteroatoms. The molecule has 0 unspecified atom stereocenters. The molecule has 0 radical (unpaired) electrons.